The molecular weight excluding hydrogens is 512 g/mol. The first-order chi connectivity index (χ1) is 19.7. The summed E-state index contributed by atoms with van der Waals surface area (Å²) in [5.41, 5.74) is 5.62. The van der Waals surface area contributed by atoms with Gasteiger partial charge in [-0.3, -0.25) is 0 Å². The van der Waals surface area contributed by atoms with E-state index in [0.717, 1.165) is 0 Å². The highest BCUT2D eigenvalue weighted by Crippen LogP contribution is 2.59. The van der Waals surface area contributed by atoms with E-state index in [2.05, 4.69) is 154 Å². The van der Waals surface area contributed by atoms with E-state index < -0.39 is 0 Å². The summed E-state index contributed by atoms with van der Waals surface area (Å²) < 4.78 is 12.1. The van der Waals surface area contributed by atoms with Gasteiger partial charge in [-0.25, -0.2) is 0 Å². The topological polar surface area (TPSA) is 25.1 Å². The van der Waals surface area contributed by atoms with Crippen LogP contribution >= 0.6 is 0 Å². The van der Waals surface area contributed by atoms with E-state index in [1.54, 1.807) is 0 Å². The van der Waals surface area contributed by atoms with E-state index in [0.29, 0.717) is 24.0 Å². The van der Waals surface area contributed by atoms with Crippen LogP contribution in [0.15, 0.2) is 107 Å². The van der Waals surface area contributed by atoms with Crippen LogP contribution < -0.4 is 0 Å². The maximum Gasteiger partial charge on any atom is 0.0987 e. The van der Waals surface area contributed by atoms with Crippen LogP contribution in [0, 0.1) is 22.7 Å². The van der Waals surface area contributed by atoms with Crippen LogP contribution in [0.2, 0.25) is 0 Å². The van der Waals surface area contributed by atoms with Gasteiger partial charge in [-0.2, -0.15) is 0 Å². The fourth-order valence-corrected chi connectivity index (χ4v) is 7.39. The molecule has 2 heteroatoms. The van der Waals surface area contributed by atoms with Crippen molar-refractivity contribution < 1.29 is 9.47 Å². The van der Waals surface area contributed by atoms with Crippen molar-refractivity contribution in [2.45, 2.75) is 118 Å². The molecule has 0 aromatic rings. The molecule has 228 valence electrons. The first kappa shape index (κ1) is 32.5. The van der Waals surface area contributed by atoms with Crippen LogP contribution in [-0.4, -0.2) is 23.4 Å². The molecule has 2 saturated carbocycles. The summed E-state index contributed by atoms with van der Waals surface area (Å²) in [6, 6.07) is 0. The van der Waals surface area contributed by atoms with Crippen molar-refractivity contribution in [1.82, 2.24) is 0 Å². The largest absolute Gasteiger partial charge is 0.366 e. The molecule has 0 spiro atoms. The zero-order valence-electron chi connectivity index (χ0n) is 28.0. The Kier molecular flexibility index (Phi) is 9.80. The van der Waals surface area contributed by atoms with Crippen LogP contribution in [0.4, 0.5) is 0 Å². The second kappa shape index (κ2) is 12.7. The molecule has 0 amide bonds. The van der Waals surface area contributed by atoms with Gasteiger partial charge in [0.15, 0.2) is 0 Å². The number of ether oxygens (including phenoxy) is 2. The predicted octanol–water partition coefficient (Wildman–Crippen LogP) is 10.7. The van der Waals surface area contributed by atoms with Crippen molar-refractivity contribution in [3.63, 3.8) is 0 Å². The molecule has 4 fully saturated rings. The Bertz CT molecular complexity index is 1160. The molecule has 0 radical (unpaired) electrons. The van der Waals surface area contributed by atoms with E-state index in [4.69, 9.17) is 9.47 Å². The Morgan fingerprint density at radius 2 is 0.833 bits per heavy atom. The van der Waals surface area contributed by atoms with E-state index in [9.17, 15) is 0 Å². The zero-order valence-corrected chi connectivity index (χ0v) is 28.0. The summed E-state index contributed by atoms with van der Waals surface area (Å²) in [4.78, 5) is 0. The molecule has 0 unspecified atom stereocenters. The molecule has 4 aliphatic rings. The third kappa shape index (κ3) is 7.74. The van der Waals surface area contributed by atoms with Gasteiger partial charge in [0.1, 0.15) is 0 Å². The van der Waals surface area contributed by atoms with Crippen LogP contribution in [-0.2, 0) is 9.47 Å². The maximum atomic E-state index is 6.07. The fraction of sp³-hybridized carbons (Fsp3) is 0.550. The molecular formula is C40H56O2. The quantitative estimate of drug-likeness (QED) is 0.193. The smallest absolute Gasteiger partial charge is 0.0987 e. The van der Waals surface area contributed by atoms with Gasteiger partial charge >= 0.3 is 0 Å². The van der Waals surface area contributed by atoms with Gasteiger partial charge in [-0.15, -0.1) is 0 Å². The number of rotatable bonds is 10. The number of epoxide rings is 2. The van der Waals surface area contributed by atoms with E-state index in [1.165, 1.54) is 48.0 Å². The standard InChI is InChI=1S/C40H56O2/c1-29(17-13-19-31(3)21-23-33-37(5,6)27-25-35-39(33,9)41-35)15-11-12-16-30(2)18-14-20-32(4)22-24-34-38(7,8)28-26-36-40(34,10)42-36/h11-24,33-36H,25-28H2,1-10H3/b12-11+,17-13+,18-14+,23-21+,24-22+,29-15+,30-16+,31-19+,32-20+/t33-,34+,35-,36-,39+,40+/m0/s1. The minimum Gasteiger partial charge on any atom is -0.366 e. The van der Waals surface area contributed by atoms with E-state index >= 15 is 0 Å². The predicted molar refractivity (Wildman–Crippen MR) is 180 cm³/mol. The Morgan fingerprint density at radius 3 is 1.21 bits per heavy atom. The Hall–Kier alpha value is -2.42. The lowest BCUT2D eigenvalue weighted by Crippen LogP contribution is -2.39. The third-order valence-electron chi connectivity index (χ3n) is 10.3. The molecule has 4 rings (SSSR count). The summed E-state index contributed by atoms with van der Waals surface area (Å²) in [6.07, 6.45) is 36.6. The summed E-state index contributed by atoms with van der Waals surface area (Å²) in [5, 5.41) is 0. The highest BCUT2D eigenvalue weighted by molar-refractivity contribution is 5.33. The van der Waals surface area contributed by atoms with Gasteiger partial charge in [-0.1, -0.05) is 135 Å². The Morgan fingerprint density at radius 1 is 0.500 bits per heavy atom. The molecule has 6 atom stereocenters. The van der Waals surface area contributed by atoms with Crippen molar-refractivity contribution in [2.24, 2.45) is 22.7 Å². The van der Waals surface area contributed by atoms with Crippen molar-refractivity contribution in [1.29, 1.82) is 0 Å². The molecule has 2 aliphatic carbocycles. The van der Waals surface area contributed by atoms with E-state index in [1.807, 2.05) is 0 Å². The minimum absolute atomic E-state index is 0.0382. The van der Waals surface area contributed by atoms with Crippen LogP contribution in [0.3, 0.4) is 0 Å². The lowest BCUT2D eigenvalue weighted by molar-refractivity contribution is 0.135. The van der Waals surface area contributed by atoms with Crippen molar-refractivity contribution in [3.8, 4) is 0 Å². The second-order valence-corrected chi connectivity index (χ2v) is 15.1. The monoisotopic (exact) mass is 568 g/mol. The number of hydrogen-bond donors (Lipinski definition) is 0. The lowest BCUT2D eigenvalue weighted by atomic mass is 9.64. The molecule has 42 heavy (non-hydrogen) atoms. The SMILES string of the molecule is CC(/C=C/C=C(C)/C=C/[C@@H]1C(C)(C)CC[C@@H]2O[C@@]21C)=C\C=C\C=C(C)\C=C\C=C(C)\C=C\[C@H]1C(C)(C)CC[C@@H]2O[C@@]21C. The first-order valence-corrected chi connectivity index (χ1v) is 16.1. The average Bonchev–Trinajstić information content (AvgIpc) is 3.78. The van der Waals surface area contributed by atoms with Crippen LogP contribution in [0.5, 0.6) is 0 Å². The molecule has 0 aromatic carbocycles. The molecule has 2 nitrogen and oxygen atoms in total. The second-order valence-electron chi connectivity index (χ2n) is 15.1. The molecule has 0 aromatic heterocycles. The first-order valence-electron chi connectivity index (χ1n) is 16.1. The average molecular weight is 569 g/mol. The van der Waals surface area contributed by atoms with Crippen LogP contribution in [0.1, 0.15) is 94.9 Å². The van der Waals surface area contributed by atoms with Crippen molar-refractivity contribution in [3.05, 3.63) is 107 Å². The van der Waals surface area contributed by atoms with Gasteiger partial charge in [0.05, 0.1) is 23.4 Å². The number of hydrogen-bond acceptors (Lipinski definition) is 2. The minimum atomic E-state index is 0.0382. The highest BCUT2D eigenvalue weighted by atomic mass is 16.6. The fourth-order valence-electron chi connectivity index (χ4n) is 7.39. The van der Waals surface area contributed by atoms with Gasteiger partial charge < -0.3 is 9.47 Å². The Balaban J connectivity index is 1.23. The third-order valence-corrected chi connectivity index (χ3v) is 10.3. The molecule has 2 saturated heterocycles. The molecule has 2 heterocycles. The zero-order chi connectivity index (χ0) is 30.8. The van der Waals surface area contributed by atoms with Crippen LogP contribution in [0.25, 0.3) is 0 Å². The lowest BCUT2D eigenvalue weighted by Gasteiger charge is -2.38. The summed E-state index contributed by atoms with van der Waals surface area (Å²) in [6.45, 7) is 22.7. The molecule has 0 bridgehead atoms. The summed E-state index contributed by atoms with van der Waals surface area (Å²) >= 11 is 0. The molecule has 0 N–H and O–H groups in total. The van der Waals surface area contributed by atoms with Gasteiger partial charge in [0.2, 0.25) is 0 Å². The Labute approximate surface area is 257 Å². The number of allylic oxidation sites excluding steroid dienone is 16. The van der Waals surface area contributed by atoms with Gasteiger partial charge in [-0.05, 0) is 78.1 Å². The summed E-state index contributed by atoms with van der Waals surface area (Å²) in [7, 11) is 0. The van der Waals surface area contributed by atoms with Crippen molar-refractivity contribution in [2.75, 3.05) is 0 Å². The normalized spacial score (nSPS) is 36.9. The summed E-state index contributed by atoms with van der Waals surface area (Å²) in [5.74, 6) is 0.934. The number of fused-ring (bicyclic) bond motifs is 2. The maximum absolute atomic E-state index is 6.07. The van der Waals surface area contributed by atoms with E-state index in [-0.39, 0.29) is 22.0 Å². The molecule has 2 aliphatic heterocycles. The van der Waals surface area contributed by atoms with Crippen molar-refractivity contribution >= 4 is 0 Å². The highest BCUT2D eigenvalue weighted by Gasteiger charge is 2.64. The van der Waals surface area contributed by atoms with Gasteiger partial charge in [0.25, 0.3) is 0 Å². The van der Waals surface area contributed by atoms with Gasteiger partial charge in [0, 0.05) is 11.8 Å².